The molecule has 4 aromatic rings. The van der Waals surface area contributed by atoms with Gasteiger partial charge in [0.05, 0.1) is 16.0 Å². The first-order chi connectivity index (χ1) is 17.0. The van der Waals surface area contributed by atoms with Crippen LogP contribution in [-0.2, 0) is 4.74 Å². The number of hydrogen-bond acceptors (Lipinski definition) is 7. The van der Waals surface area contributed by atoms with Crippen molar-refractivity contribution in [1.82, 2.24) is 15.0 Å². The number of H-pyrrole nitrogens is 1. The molecule has 10 heteroatoms. The summed E-state index contributed by atoms with van der Waals surface area (Å²) in [6.45, 7) is 1.18. The lowest BCUT2D eigenvalue weighted by Gasteiger charge is -2.32. The number of carbonyl (C=O) groups excluding carboxylic acids is 2. The fourth-order valence-corrected chi connectivity index (χ4v) is 4.48. The molecule has 0 saturated carbocycles. The summed E-state index contributed by atoms with van der Waals surface area (Å²) in [6, 6.07) is 14.3. The van der Waals surface area contributed by atoms with E-state index in [9.17, 15) is 9.59 Å². The van der Waals surface area contributed by atoms with E-state index in [0.29, 0.717) is 65.4 Å². The lowest BCUT2D eigenvalue weighted by molar-refractivity contribution is 0.0911. The average molecular weight is 492 g/mol. The van der Waals surface area contributed by atoms with Crippen molar-refractivity contribution in [2.75, 3.05) is 18.0 Å². The molecular weight excluding hydrogens is 470 g/mol. The Morgan fingerprint density at radius 3 is 2.51 bits per heavy atom. The van der Waals surface area contributed by atoms with Gasteiger partial charge in [-0.15, -0.1) is 0 Å². The normalized spacial score (nSPS) is 14.1. The van der Waals surface area contributed by atoms with Gasteiger partial charge in [0.25, 0.3) is 0 Å². The molecule has 1 amide bonds. The van der Waals surface area contributed by atoms with Crippen LogP contribution in [0, 0.1) is 0 Å². The Bertz CT molecular complexity index is 1380. The van der Waals surface area contributed by atoms with Crippen LogP contribution in [-0.4, -0.2) is 46.0 Å². The molecule has 0 bridgehead atoms. The summed E-state index contributed by atoms with van der Waals surface area (Å²) in [4.78, 5) is 38.5. The maximum atomic E-state index is 13.5. The summed E-state index contributed by atoms with van der Waals surface area (Å²) < 4.78 is 10.9. The monoisotopic (exact) mass is 491 g/mol. The van der Waals surface area contributed by atoms with E-state index in [1.165, 1.54) is 6.33 Å². The minimum atomic E-state index is -0.775. The molecule has 0 aliphatic carbocycles. The van der Waals surface area contributed by atoms with Gasteiger partial charge in [0.15, 0.2) is 5.78 Å². The lowest BCUT2D eigenvalue weighted by Crippen LogP contribution is -2.39. The number of ether oxygens (including phenoxy) is 2. The minimum absolute atomic E-state index is 0.233. The predicted molar refractivity (Wildman–Crippen MR) is 131 cm³/mol. The van der Waals surface area contributed by atoms with Gasteiger partial charge in [-0.2, -0.15) is 0 Å². The predicted octanol–water partition coefficient (Wildman–Crippen LogP) is 4.70. The number of benzene rings is 2. The van der Waals surface area contributed by atoms with E-state index in [2.05, 4.69) is 15.0 Å². The topological polar surface area (TPSA) is 123 Å². The first-order valence-electron chi connectivity index (χ1n) is 11.1. The second-order valence-corrected chi connectivity index (χ2v) is 8.54. The Morgan fingerprint density at radius 2 is 1.80 bits per heavy atom. The van der Waals surface area contributed by atoms with Crippen molar-refractivity contribution in [2.24, 2.45) is 5.73 Å². The molecule has 3 heterocycles. The summed E-state index contributed by atoms with van der Waals surface area (Å²) in [5.74, 6) is 1.58. The molecule has 0 unspecified atom stereocenters. The summed E-state index contributed by atoms with van der Waals surface area (Å²) in [5, 5.41) is 0.896. The number of hydrogen-bond donors (Lipinski definition) is 2. The summed E-state index contributed by atoms with van der Waals surface area (Å²) >= 11 is 6.50. The lowest BCUT2D eigenvalue weighted by atomic mass is 10.0. The minimum Gasteiger partial charge on any atom is -0.457 e. The molecule has 0 radical (unpaired) electrons. The first-order valence-corrected chi connectivity index (χ1v) is 11.5. The molecule has 3 N–H and O–H groups in total. The van der Waals surface area contributed by atoms with E-state index in [-0.39, 0.29) is 16.9 Å². The van der Waals surface area contributed by atoms with Crippen molar-refractivity contribution in [3.8, 4) is 11.5 Å². The maximum absolute atomic E-state index is 13.5. The van der Waals surface area contributed by atoms with E-state index in [1.807, 2.05) is 35.2 Å². The van der Waals surface area contributed by atoms with Crippen LogP contribution in [0.3, 0.4) is 0 Å². The highest BCUT2D eigenvalue weighted by atomic mass is 35.5. The number of nitrogens with two attached hydrogens (primary N) is 1. The molecule has 178 valence electrons. The summed E-state index contributed by atoms with van der Waals surface area (Å²) in [5.41, 5.74) is 6.46. The fraction of sp³-hybridized carbons (Fsp3) is 0.200. The Balaban J connectivity index is 1.41. The van der Waals surface area contributed by atoms with E-state index >= 15 is 0 Å². The van der Waals surface area contributed by atoms with Gasteiger partial charge in [-0.3, -0.25) is 4.79 Å². The zero-order valence-corrected chi connectivity index (χ0v) is 19.4. The molecule has 5 rings (SSSR count). The number of ketones is 1. The molecule has 2 aromatic carbocycles. The van der Waals surface area contributed by atoms with Crippen molar-refractivity contribution in [3.05, 3.63) is 77.2 Å². The number of amides is 1. The molecule has 2 aromatic heterocycles. The smallest absolute Gasteiger partial charge is 0.404 e. The number of anilines is 1. The highest BCUT2D eigenvalue weighted by Gasteiger charge is 2.27. The SMILES string of the molecule is NC(=O)OC1CCN(c2ncnc3[nH]cc(C(=O)c4ccc(Oc5ccccc5)cc4Cl)c23)CC1. The highest BCUT2D eigenvalue weighted by molar-refractivity contribution is 6.35. The van der Waals surface area contributed by atoms with Crippen LogP contribution >= 0.6 is 11.6 Å². The second kappa shape index (κ2) is 9.63. The number of fused-ring (bicyclic) bond motifs is 1. The summed E-state index contributed by atoms with van der Waals surface area (Å²) in [7, 11) is 0. The number of nitrogens with one attached hydrogen (secondary N) is 1. The van der Waals surface area contributed by atoms with Gasteiger partial charge >= 0.3 is 6.09 Å². The molecule has 1 aliphatic rings. The molecule has 1 fully saturated rings. The molecule has 0 atom stereocenters. The quantitative estimate of drug-likeness (QED) is 0.375. The van der Waals surface area contributed by atoms with Crippen molar-refractivity contribution < 1.29 is 19.1 Å². The number of carbonyl (C=O) groups is 2. The van der Waals surface area contributed by atoms with Gasteiger partial charge in [-0.05, 0) is 24.3 Å². The van der Waals surface area contributed by atoms with E-state index in [4.69, 9.17) is 26.8 Å². The Labute approximate surface area is 205 Å². The number of halogens is 1. The zero-order chi connectivity index (χ0) is 24.4. The Hall–Kier alpha value is -4.11. The van der Waals surface area contributed by atoms with Gasteiger partial charge < -0.3 is 25.1 Å². The van der Waals surface area contributed by atoms with Crippen molar-refractivity contribution in [2.45, 2.75) is 18.9 Å². The van der Waals surface area contributed by atoms with E-state index in [1.54, 1.807) is 24.4 Å². The van der Waals surface area contributed by atoms with Gasteiger partial charge in [-0.1, -0.05) is 29.8 Å². The van der Waals surface area contributed by atoms with Crippen LogP contribution in [0.15, 0.2) is 61.1 Å². The van der Waals surface area contributed by atoms with Crippen molar-refractivity contribution >= 4 is 40.3 Å². The third-order valence-corrected chi connectivity index (χ3v) is 6.20. The standard InChI is InChI=1S/C25H22ClN5O4/c26-20-12-17(34-15-4-2-1-3-5-15)6-7-18(20)22(32)19-13-28-23-21(19)24(30-14-29-23)31-10-8-16(9-11-31)35-25(27)33/h1-7,12-14,16H,8-11H2,(H2,27,33)(H,28,29,30). The first kappa shape index (κ1) is 22.7. The number of para-hydroxylation sites is 1. The van der Waals surface area contributed by atoms with Crippen LogP contribution in [0.5, 0.6) is 11.5 Å². The molecule has 1 saturated heterocycles. The summed E-state index contributed by atoms with van der Waals surface area (Å²) in [6.07, 6.45) is 3.29. The number of primary amides is 1. The number of rotatable bonds is 6. The molecule has 9 nitrogen and oxygen atoms in total. The molecule has 35 heavy (non-hydrogen) atoms. The number of aromatic nitrogens is 3. The van der Waals surface area contributed by atoms with E-state index in [0.717, 1.165) is 0 Å². The largest absolute Gasteiger partial charge is 0.457 e. The highest BCUT2D eigenvalue weighted by Crippen LogP contribution is 2.33. The van der Waals surface area contributed by atoms with Crippen molar-refractivity contribution in [3.63, 3.8) is 0 Å². The number of nitrogens with zero attached hydrogens (tertiary/aromatic N) is 3. The molecule has 1 aliphatic heterocycles. The number of aromatic amines is 1. The average Bonchev–Trinajstić information content (AvgIpc) is 3.29. The molecule has 0 spiro atoms. The van der Waals surface area contributed by atoms with Gasteiger partial charge in [0, 0.05) is 43.8 Å². The zero-order valence-electron chi connectivity index (χ0n) is 18.6. The molecular formula is C25H22ClN5O4. The van der Waals surface area contributed by atoms with Crippen LogP contribution < -0.4 is 15.4 Å². The Morgan fingerprint density at radius 1 is 1.03 bits per heavy atom. The van der Waals surface area contributed by atoms with Crippen molar-refractivity contribution in [1.29, 1.82) is 0 Å². The third-order valence-electron chi connectivity index (χ3n) is 5.88. The Kier molecular flexibility index (Phi) is 6.24. The number of piperidine rings is 1. The van der Waals surface area contributed by atoms with Crippen LogP contribution in [0.2, 0.25) is 5.02 Å². The third kappa shape index (κ3) is 4.76. The van der Waals surface area contributed by atoms with Crippen LogP contribution in [0.1, 0.15) is 28.8 Å². The van der Waals surface area contributed by atoms with Gasteiger partial charge in [0.2, 0.25) is 0 Å². The van der Waals surface area contributed by atoms with Crippen LogP contribution in [0.4, 0.5) is 10.6 Å². The van der Waals surface area contributed by atoms with Gasteiger partial charge in [0.1, 0.15) is 35.4 Å². The van der Waals surface area contributed by atoms with Crippen LogP contribution in [0.25, 0.3) is 11.0 Å². The maximum Gasteiger partial charge on any atom is 0.404 e. The van der Waals surface area contributed by atoms with Gasteiger partial charge in [-0.25, -0.2) is 14.8 Å². The fourth-order valence-electron chi connectivity index (χ4n) is 4.23. The second-order valence-electron chi connectivity index (χ2n) is 8.13. The van der Waals surface area contributed by atoms with E-state index < -0.39 is 6.09 Å².